The zero-order valence-electron chi connectivity index (χ0n) is 12.0. The van der Waals surface area contributed by atoms with E-state index in [0.717, 1.165) is 17.7 Å². The number of hydrogen-bond acceptors (Lipinski definition) is 4. The van der Waals surface area contributed by atoms with Crippen molar-refractivity contribution in [2.45, 2.75) is 52.0 Å². The van der Waals surface area contributed by atoms with Crippen LogP contribution in [-0.2, 0) is 11.2 Å². The molecule has 0 bridgehead atoms. The maximum Gasteiger partial charge on any atom is 0.321 e. The van der Waals surface area contributed by atoms with Gasteiger partial charge in [-0.2, -0.15) is 0 Å². The van der Waals surface area contributed by atoms with E-state index in [9.17, 15) is 9.59 Å². The molecular weight excluding hydrogens is 278 g/mol. The standard InChI is InChI=1S/C13H21N3O3S/c1-4-5-9-8-14-12(20-9)15-11(19)16-13(2,3)7-6-10(17)18/h8H,4-7H2,1-3H3,(H,17,18)(H2,14,15,16,19). The van der Waals surface area contributed by atoms with E-state index in [-0.39, 0.29) is 12.5 Å². The number of carbonyl (C=O) groups is 2. The van der Waals surface area contributed by atoms with Crippen LogP contribution in [0.5, 0.6) is 0 Å². The second-order valence-corrected chi connectivity index (χ2v) is 6.35. The molecule has 1 rings (SSSR count). The molecule has 0 radical (unpaired) electrons. The van der Waals surface area contributed by atoms with Gasteiger partial charge in [0.25, 0.3) is 0 Å². The maximum absolute atomic E-state index is 11.8. The van der Waals surface area contributed by atoms with Crippen molar-refractivity contribution < 1.29 is 14.7 Å². The topological polar surface area (TPSA) is 91.3 Å². The Labute approximate surface area is 122 Å². The first-order valence-corrected chi connectivity index (χ1v) is 7.39. The molecule has 0 aliphatic heterocycles. The number of aryl methyl sites for hydroxylation is 1. The zero-order chi connectivity index (χ0) is 15.2. The van der Waals surface area contributed by atoms with Crippen LogP contribution < -0.4 is 10.6 Å². The molecule has 0 aliphatic rings. The van der Waals surface area contributed by atoms with Gasteiger partial charge in [0.2, 0.25) is 0 Å². The van der Waals surface area contributed by atoms with Gasteiger partial charge in [-0.3, -0.25) is 10.1 Å². The minimum atomic E-state index is -0.871. The first kappa shape index (κ1) is 16.4. The van der Waals surface area contributed by atoms with Crippen molar-refractivity contribution in [2.24, 2.45) is 0 Å². The van der Waals surface area contributed by atoms with Crippen LogP contribution in [0.15, 0.2) is 6.20 Å². The van der Waals surface area contributed by atoms with Crippen LogP contribution in [0.25, 0.3) is 0 Å². The molecule has 2 amide bonds. The molecule has 6 nitrogen and oxygen atoms in total. The van der Waals surface area contributed by atoms with E-state index < -0.39 is 11.5 Å². The summed E-state index contributed by atoms with van der Waals surface area (Å²) in [6.07, 6.45) is 4.14. The van der Waals surface area contributed by atoms with Gasteiger partial charge in [0.05, 0.1) is 0 Å². The molecule has 1 aromatic heterocycles. The fraction of sp³-hybridized carbons (Fsp3) is 0.615. The predicted octanol–water partition coefficient (Wildman–Crippen LogP) is 2.86. The van der Waals surface area contributed by atoms with Gasteiger partial charge in [-0.25, -0.2) is 9.78 Å². The van der Waals surface area contributed by atoms with E-state index in [1.54, 1.807) is 20.0 Å². The molecular formula is C13H21N3O3S. The van der Waals surface area contributed by atoms with Crippen LogP contribution in [0, 0.1) is 0 Å². The average Bonchev–Trinajstić information content (AvgIpc) is 2.74. The SMILES string of the molecule is CCCc1cnc(NC(=O)NC(C)(C)CCC(=O)O)s1. The number of rotatable bonds is 7. The minimum Gasteiger partial charge on any atom is -0.481 e. The molecule has 3 N–H and O–H groups in total. The fourth-order valence-corrected chi connectivity index (χ4v) is 2.55. The van der Waals surface area contributed by atoms with Crippen molar-refractivity contribution in [3.05, 3.63) is 11.1 Å². The second-order valence-electron chi connectivity index (χ2n) is 5.24. The summed E-state index contributed by atoms with van der Waals surface area (Å²) in [5, 5.41) is 14.6. The first-order valence-electron chi connectivity index (χ1n) is 6.58. The summed E-state index contributed by atoms with van der Waals surface area (Å²) in [5.41, 5.74) is -0.577. The van der Waals surface area contributed by atoms with Gasteiger partial charge in [-0.1, -0.05) is 13.3 Å². The molecule has 0 aliphatic carbocycles. The van der Waals surface area contributed by atoms with Crippen molar-refractivity contribution in [1.29, 1.82) is 0 Å². The summed E-state index contributed by atoms with van der Waals surface area (Å²) in [7, 11) is 0. The van der Waals surface area contributed by atoms with Gasteiger partial charge in [0, 0.05) is 23.0 Å². The normalized spacial score (nSPS) is 11.2. The van der Waals surface area contributed by atoms with Crippen LogP contribution in [0.2, 0.25) is 0 Å². The first-order chi connectivity index (χ1) is 9.32. The molecule has 0 aromatic carbocycles. The quantitative estimate of drug-likeness (QED) is 0.722. The number of anilines is 1. The van der Waals surface area contributed by atoms with Gasteiger partial charge in [0.15, 0.2) is 5.13 Å². The maximum atomic E-state index is 11.8. The lowest BCUT2D eigenvalue weighted by molar-refractivity contribution is -0.137. The molecule has 7 heteroatoms. The zero-order valence-corrected chi connectivity index (χ0v) is 12.8. The Morgan fingerprint density at radius 2 is 2.15 bits per heavy atom. The van der Waals surface area contributed by atoms with Crippen molar-refractivity contribution >= 4 is 28.5 Å². The Morgan fingerprint density at radius 1 is 1.45 bits per heavy atom. The fourth-order valence-electron chi connectivity index (χ4n) is 1.64. The van der Waals surface area contributed by atoms with Gasteiger partial charge < -0.3 is 10.4 Å². The summed E-state index contributed by atoms with van der Waals surface area (Å²) < 4.78 is 0. The van der Waals surface area contributed by atoms with Crippen molar-refractivity contribution in [2.75, 3.05) is 5.32 Å². The molecule has 0 spiro atoms. The number of aliphatic carboxylic acids is 1. The highest BCUT2D eigenvalue weighted by atomic mass is 32.1. The van der Waals surface area contributed by atoms with Crippen LogP contribution in [0.1, 0.15) is 44.9 Å². The summed E-state index contributed by atoms with van der Waals surface area (Å²) in [6, 6.07) is -0.363. The summed E-state index contributed by atoms with van der Waals surface area (Å²) in [4.78, 5) is 27.7. The van der Waals surface area contributed by atoms with Crippen LogP contribution in [-0.4, -0.2) is 27.6 Å². The van der Waals surface area contributed by atoms with E-state index in [1.165, 1.54) is 11.3 Å². The Balaban J connectivity index is 2.47. The second kappa shape index (κ2) is 7.23. The Morgan fingerprint density at radius 3 is 2.75 bits per heavy atom. The van der Waals surface area contributed by atoms with Gasteiger partial charge in [-0.15, -0.1) is 11.3 Å². The molecule has 0 fully saturated rings. The van der Waals surface area contributed by atoms with Crippen LogP contribution in [0.3, 0.4) is 0 Å². The average molecular weight is 299 g/mol. The number of thiazole rings is 1. The molecule has 20 heavy (non-hydrogen) atoms. The number of aromatic nitrogens is 1. The van der Waals surface area contributed by atoms with E-state index >= 15 is 0 Å². The largest absolute Gasteiger partial charge is 0.481 e. The highest BCUT2D eigenvalue weighted by molar-refractivity contribution is 7.15. The van der Waals surface area contributed by atoms with Crippen LogP contribution >= 0.6 is 11.3 Å². The third-order valence-electron chi connectivity index (χ3n) is 2.69. The summed E-state index contributed by atoms with van der Waals surface area (Å²) in [6.45, 7) is 5.67. The third kappa shape index (κ3) is 6.01. The lowest BCUT2D eigenvalue weighted by Crippen LogP contribution is -2.45. The number of urea groups is 1. The van der Waals surface area contributed by atoms with Crippen molar-refractivity contribution in [3.63, 3.8) is 0 Å². The minimum absolute atomic E-state index is 0.0190. The molecule has 1 heterocycles. The Hall–Kier alpha value is -1.63. The van der Waals surface area contributed by atoms with E-state index in [1.807, 2.05) is 0 Å². The van der Waals surface area contributed by atoms with Gasteiger partial charge in [0.1, 0.15) is 0 Å². The van der Waals surface area contributed by atoms with E-state index in [0.29, 0.717) is 11.6 Å². The van der Waals surface area contributed by atoms with Gasteiger partial charge in [-0.05, 0) is 26.7 Å². The van der Waals surface area contributed by atoms with E-state index in [2.05, 4.69) is 22.5 Å². The third-order valence-corrected chi connectivity index (χ3v) is 3.66. The number of carboxylic acids is 1. The molecule has 0 atom stereocenters. The number of amides is 2. The number of hydrogen-bond donors (Lipinski definition) is 3. The number of nitrogens with zero attached hydrogens (tertiary/aromatic N) is 1. The molecule has 112 valence electrons. The number of carbonyl (C=O) groups excluding carboxylic acids is 1. The number of carboxylic acid groups (broad SMARTS) is 1. The Kier molecular flexibility index (Phi) is 5.94. The summed E-state index contributed by atoms with van der Waals surface area (Å²) >= 11 is 1.45. The van der Waals surface area contributed by atoms with E-state index in [4.69, 9.17) is 5.11 Å². The Bertz CT molecular complexity index is 471. The molecule has 0 saturated carbocycles. The molecule has 1 aromatic rings. The molecule has 0 saturated heterocycles. The smallest absolute Gasteiger partial charge is 0.321 e. The van der Waals surface area contributed by atoms with Gasteiger partial charge >= 0.3 is 12.0 Å². The van der Waals surface area contributed by atoms with Crippen molar-refractivity contribution in [3.8, 4) is 0 Å². The lowest BCUT2D eigenvalue weighted by atomic mass is 9.99. The number of nitrogens with one attached hydrogen (secondary N) is 2. The predicted molar refractivity (Wildman–Crippen MR) is 79.2 cm³/mol. The molecule has 0 unspecified atom stereocenters. The highest BCUT2D eigenvalue weighted by Crippen LogP contribution is 2.19. The summed E-state index contributed by atoms with van der Waals surface area (Å²) in [5.74, 6) is -0.871. The lowest BCUT2D eigenvalue weighted by Gasteiger charge is -2.25. The monoisotopic (exact) mass is 299 g/mol. The van der Waals surface area contributed by atoms with Crippen LogP contribution in [0.4, 0.5) is 9.93 Å². The highest BCUT2D eigenvalue weighted by Gasteiger charge is 2.21. The van der Waals surface area contributed by atoms with Crippen molar-refractivity contribution in [1.82, 2.24) is 10.3 Å².